The van der Waals surface area contributed by atoms with Gasteiger partial charge in [0.05, 0.1) is 0 Å². The van der Waals surface area contributed by atoms with E-state index in [4.69, 9.17) is 4.74 Å². The molecule has 2 N–H and O–H groups in total. The van der Waals surface area contributed by atoms with Gasteiger partial charge in [0.15, 0.2) is 0 Å². The molecule has 32 heavy (non-hydrogen) atoms. The van der Waals surface area contributed by atoms with E-state index < -0.39 is 5.60 Å². The summed E-state index contributed by atoms with van der Waals surface area (Å²) in [5.41, 5.74) is 3.41. The minimum absolute atomic E-state index is 0.0285. The van der Waals surface area contributed by atoms with Crippen LogP contribution in [0.4, 0.5) is 0 Å². The number of rotatable bonds is 8. The molecule has 0 bridgehead atoms. The van der Waals surface area contributed by atoms with E-state index in [9.17, 15) is 15.0 Å². The summed E-state index contributed by atoms with van der Waals surface area (Å²) in [4.78, 5) is 13.2. The van der Waals surface area contributed by atoms with Gasteiger partial charge < -0.3 is 14.9 Å². The van der Waals surface area contributed by atoms with Crippen molar-refractivity contribution in [2.24, 2.45) is 0 Å². The number of ether oxygens (including phenoxy) is 1. The number of allylic oxidation sites excluding steroid dienone is 4. The Kier molecular flexibility index (Phi) is 7.44. The Morgan fingerprint density at radius 1 is 1.06 bits per heavy atom. The maximum Gasteiger partial charge on any atom is 0.200 e. The highest BCUT2D eigenvalue weighted by Gasteiger charge is 2.36. The maximum atomic E-state index is 13.2. The van der Waals surface area contributed by atoms with E-state index in [1.165, 1.54) is 17.2 Å². The first-order chi connectivity index (χ1) is 15.2. The lowest BCUT2D eigenvalue weighted by molar-refractivity contribution is 0.0545. The van der Waals surface area contributed by atoms with E-state index in [1.54, 1.807) is 24.3 Å². The van der Waals surface area contributed by atoms with Crippen molar-refractivity contribution in [3.63, 3.8) is 0 Å². The summed E-state index contributed by atoms with van der Waals surface area (Å²) in [6, 6.07) is 10.1. The van der Waals surface area contributed by atoms with Gasteiger partial charge in [-0.05, 0) is 66.2 Å². The van der Waals surface area contributed by atoms with Crippen molar-refractivity contribution in [1.29, 1.82) is 0 Å². The van der Waals surface area contributed by atoms with Crippen LogP contribution in [0.1, 0.15) is 81.3 Å². The number of carbonyl (C=O) groups excluding carboxylic acids is 1. The molecule has 0 amide bonds. The molecule has 0 radical (unpaired) electrons. The smallest absolute Gasteiger partial charge is 0.200 e. The van der Waals surface area contributed by atoms with Crippen LogP contribution in [0.2, 0.25) is 0 Å². The molecule has 170 valence electrons. The topological polar surface area (TPSA) is 66.8 Å². The number of fused-ring (bicyclic) bond motifs is 1. The number of hydrogen-bond acceptors (Lipinski definition) is 4. The molecule has 1 atom stereocenters. The zero-order valence-electron chi connectivity index (χ0n) is 19.6. The molecule has 1 heterocycles. The minimum Gasteiger partial charge on any atom is -0.507 e. The molecule has 4 nitrogen and oxygen atoms in total. The quantitative estimate of drug-likeness (QED) is 0.351. The zero-order chi connectivity index (χ0) is 23.3. The van der Waals surface area contributed by atoms with Crippen LogP contribution in [-0.2, 0) is 6.42 Å². The van der Waals surface area contributed by atoms with E-state index >= 15 is 0 Å². The van der Waals surface area contributed by atoms with Crippen LogP contribution in [0.3, 0.4) is 0 Å². The summed E-state index contributed by atoms with van der Waals surface area (Å²) >= 11 is 0. The third-order valence-corrected chi connectivity index (χ3v) is 6.11. The molecule has 3 rings (SSSR count). The second-order valence-electron chi connectivity index (χ2n) is 9.25. The van der Waals surface area contributed by atoms with E-state index in [2.05, 4.69) is 32.9 Å². The summed E-state index contributed by atoms with van der Waals surface area (Å²) in [5.74, 6) is -0.276. The molecule has 0 unspecified atom stereocenters. The lowest BCUT2D eigenvalue weighted by Gasteiger charge is -2.37. The normalized spacial score (nSPS) is 17.9. The van der Waals surface area contributed by atoms with E-state index in [0.717, 1.165) is 32.1 Å². The Hall–Kier alpha value is -3.01. The Morgan fingerprint density at radius 2 is 1.78 bits per heavy atom. The Bertz CT molecular complexity index is 1030. The summed E-state index contributed by atoms with van der Waals surface area (Å²) in [6.07, 6.45) is 9.61. The van der Waals surface area contributed by atoms with Crippen molar-refractivity contribution in [3.05, 3.63) is 76.4 Å². The predicted molar refractivity (Wildman–Crippen MR) is 129 cm³/mol. The average Bonchev–Trinajstić information content (AvgIpc) is 2.73. The lowest BCUT2D eigenvalue weighted by atomic mass is 9.86. The molecule has 0 fully saturated rings. The summed E-state index contributed by atoms with van der Waals surface area (Å²) in [7, 11) is 0. The van der Waals surface area contributed by atoms with Gasteiger partial charge in [-0.2, -0.15) is 0 Å². The number of carbonyl (C=O) groups is 1. The monoisotopic (exact) mass is 434 g/mol. The fourth-order valence-corrected chi connectivity index (χ4v) is 4.16. The van der Waals surface area contributed by atoms with Gasteiger partial charge in [-0.25, -0.2) is 0 Å². The molecular weight excluding hydrogens is 400 g/mol. The fraction of sp³-hybridized carbons (Fsp3) is 0.393. The van der Waals surface area contributed by atoms with Crippen LogP contribution in [0, 0.1) is 0 Å². The summed E-state index contributed by atoms with van der Waals surface area (Å²) in [5, 5.41) is 20.9. The number of benzene rings is 2. The van der Waals surface area contributed by atoms with Crippen molar-refractivity contribution in [2.75, 3.05) is 0 Å². The standard InChI is InChI=1S/C28H34O4/c1-19(2)10-8-11-20(3)12-9-16-28(4)17-15-22-23(29)18-24(30)25(27(22)32-28)26(31)21-13-6-5-7-14-21/h5-7,10,12-14,18,29-30H,8-9,11,15-17H2,1-4H3/b20-12+/t28-/m1/s1. The molecule has 1 aliphatic rings. The number of ketones is 1. The van der Waals surface area contributed by atoms with Crippen LogP contribution in [0.25, 0.3) is 0 Å². The number of hydrogen-bond donors (Lipinski definition) is 2. The van der Waals surface area contributed by atoms with Crippen molar-refractivity contribution in [1.82, 2.24) is 0 Å². The number of phenolic OH excluding ortho intramolecular Hbond substituents is 2. The van der Waals surface area contributed by atoms with Gasteiger partial charge in [-0.3, -0.25) is 4.79 Å². The van der Waals surface area contributed by atoms with Gasteiger partial charge in [0.25, 0.3) is 0 Å². The zero-order valence-corrected chi connectivity index (χ0v) is 19.6. The Morgan fingerprint density at radius 3 is 2.47 bits per heavy atom. The summed E-state index contributed by atoms with van der Waals surface area (Å²) in [6.45, 7) is 8.43. The minimum atomic E-state index is -0.477. The van der Waals surface area contributed by atoms with Crippen LogP contribution in [-0.4, -0.2) is 21.6 Å². The predicted octanol–water partition coefficient (Wildman–Crippen LogP) is 6.89. The first-order valence-corrected chi connectivity index (χ1v) is 11.4. The average molecular weight is 435 g/mol. The first kappa shape index (κ1) is 23.6. The van der Waals surface area contributed by atoms with Crippen molar-refractivity contribution >= 4 is 5.78 Å². The second-order valence-corrected chi connectivity index (χ2v) is 9.25. The molecule has 2 aromatic carbocycles. The number of aromatic hydroxyl groups is 2. The third kappa shape index (κ3) is 5.61. The highest BCUT2D eigenvalue weighted by atomic mass is 16.5. The molecule has 0 saturated heterocycles. The van der Waals surface area contributed by atoms with Gasteiger partial charge >= 0.3 is 0 Å². The largest absolute Gasteiger partial charge is 0.507 e. The second kappa shape index (κ2) is 10.1. The maximum absolute atomic E-state index is 13.2. The highest BCUT2D eigenvalue weighted by Crippen LogP contribution is 2.46. The van der Waals surface area contributed by atoms with E-state index in [0.29, 0.717) is 23.3 Å². The molecule has 0 aromatic heterocycles. The summed E-state index contributed by atoms with van der Waals surface area (Å²) < 4.78 is 6.37. The van der Waals surface area contributed by atoms with E-state index in [-0.39, 0.29) is 22.8 Å². The third-order valence-electron chi connectivity index (χ3n) is 6.11. The molecule has 0 saturated carbocycles. The van der Waals surface area contributed by atoms with Crippen LogP contribution in [0.15, 0.2) is 59.7 Å². The van der Waals surface area contributed by atoms with Crippen LogP contribution in [0.5, 0.6) is 17.2 Å². The van der Waals surface area contributed by atoms with Gasteiger partial charge in [0, 0.05) is 17.2 Å². The first-order valence-electron chi connectivity index (χ1n) is 11.4. The highest BCUT2D eigenvalue weighted by molar-refractivity contribution is 6.13. The SMILES string of the molecule is CC(C)=CCC/C(C)=C/CC[C@]1(C)CCc2c(O)cc(O)c(C(=O)c3ccccc3)c2O1. The van der Waals surface area contributed by atoms with Gasteiger partial charge in [-0.15, -0.1) is 0 Å². The van der Waals surface area contributed by atoms with Gasteiger partial charge in [0.1, 0.15) is 28.4 Å². The van der Waals surface area contributed by atoms with Gasteiger partial charge in [0.2, 0.25) is 5.78 Å². The molecule has 4 heteroatoms. The lowest BCUT2D eigenvalue weighted by Crippen LogP contribution is -2.37. The number of phenols is 2. The fourth-order valence-electron chi connectivity index (χ4n) is 4.16. The van der Waals surface area contributed by atoms with Gasteiger partial charge in [-0.1, -0.05) is 53.6 Å². The molecule has 1 aliphatic heterocycles. The Labute approximate surface area is 191 Å². The van der Waals surface area contributed by atoms with Crippen LogP contribution >= 0.6 is 0 Å². The molecule has 2 aromatic rings. The van der Waals surface area contributed by atoms with E-state index in [1.807, 2.05) is 13.0 Å². The Balaban J connectivity index is 1.80. The molecule has 0 spiro atoms. The van der Waals surface area contributed by atoms with Crippen molar-refractivity contribution in [2.45, 2.75) is 71.8 Å². The van der Waals surface area contributed by atoms with Crippen molar-refractivity contribution in [3.8, 4) is 17.2 Å². The van der Waals surface area contributed by atoms with Crippen LogP contribution < -0.4 is 4.74 Å². The van der Waals surface area contributed by atoms with Crippen molar-refractivity contribution < 1.29 is 19.7 Å². The molecule has 0 aliphatic carbocycles. The molecular formula is C28H34O4.